The van der Waals surface area contributed by atoms with Gasteiger partial charge in [-0.15, -0.1) is 0 Å². The van der Waals surface area contributed by atoms with Crippen molar-refractivity contribution in [2.75, 3.05) is 6.54 Å². The van der Waals surface area contributed by atoms with Crippen LogP contribution in [-0.2, 0) is 11.2 Å². The molecule has 0 fully saturated rings. The summed E-state index contributed by atoms with van der Waals surface area (Å²) in [5.74, 6) is 0.402. The van der Waals surface area contributed by atoms with Crippen molar-refractivity contribution < 1.29 is 9.53 Å². The molecule has 4 nitrogen and oxygen atoms in total. The summed E-state index contributed by atoms with van der Waals surface area (Å²) in [4.78, 5) is 12.2. The lowest BCUT2D eigenvalue weighted by molar-refractivity contribution is -0.117. The zero-order chi connectivity index (χ0) is 18.1. The molecule has 0 spiro atoms. The second kappa shape index (κ2) is 9.29. The maximum atomic E-state index is 12.2. The van der Waals surface area contributed by atoms with Crippen LogP contribution in [0.3, 0.4) is 0 Å². The second-order valence-corrected chi connectivity index (χ2v) is 5.90. The van der Waals surface area contributed by atoms with E-state index in [1.165, 1.54) is 0 Å². The van der Waals surface area contributed by atoms with Crippen LogP contribution in [0.2, 0.25) is 0 Å². The largest absolute Gasteiger partial charge is 0.491 e. The Morgan fingerprint density at radius 3 is 2.44 bits per heavy atom. The number of nitrogens with one attached hydrogen (secondary N) is 1. The minimum Gasteiger partial charge on any atom is -0.491 e. The zero-order valence-electron chi connectivity index (χ0n) is 14.5. The summed E-state index contributed by atoms with van der Waals surface area (Å²) in [6.45, 7) is 4.41. The lowest BCUT2D eigenvalue weighted by Gasteiger charge is -2.09. The number of rotatable bonds is 7. The lowest BCUT2D eigenvalue weighted by atomic mass is 10.1. The van der Waals surface area contributed by atoms with Gasteiger partial charge in [-0.1, -0.05) is 42.5 Å². The molecule has 0 aliphatic carbocycles. The summed E-state index contributed by atoms with van der Waals surface area (Å²) in [6.07, 6.45) is 2.41. The molecule has 0 aliphatic heterocycles. The van der Waals surface area contributed by atoms with Crippen LogP contribution >= 0.6 is 0 Å². The van der Waals surface area contributed by atoms with Crippen molar-refractivity contribution in [1.82, 2.24) is 5.32 Å². The van der Waals surface area contributed by atoms with Crippen molar-refractivity contribution in [2.24, 2.45) is 0 Å². The van der Waals surface area contributed by atoms with E-state index >= 15 is 0 Å². The van der Waals surface area contributed by atoms with Crippen LogP contribution < -0.4 is 10.1 Å². The predicted molar refractivity (Wildman–Crippen MR) is 99.0 cm³/mol. The van der Waals surface area contributed by atoms with Crippen molar-refractivity contribution in [1.29, 1.82) is 5.26 Å². The monoisotopic (exact) mass is 334 g/mol. The highest BCUT2D eigenvalue weighted by Gasteiger charge is 2.08. The Hall–Kier alpha value is -3.06. The first kappa shape index (κ1) is 18.3. The van der Waals surface area contributed by atoms with E-state index in [1.54, 1.807) is 6.08 Å². The fraction of sp³-hybridized carbons (Fsp3) is 0.238. The number of amides is 1. The lowest BCUT2D eigenvalue weighted by Crippen LogP contribution is -2.26. The number of carbonyl (C=O) groups is 1. The Morgan fingerprint density at radius 2 is 1.84 bits per heavy atom. The van der Waals surface area contributed by atoms with E-state index in [2.05, 4.69) is 5.32 Å². The topological polar surface area (TPSA) is 62.1 Å². The molecule has 0 aliphatic rings. The highest BCUT2D eigenvalue weighted by molar-refractivity contribution is 6.01. The Balaban J connectivity index is 1.94. The quantitative estimate of drug-likeness (QED) is 0.620. The third-order valence-corrected chi connectivity index (χ3v) is 3.47. The Labute approximate surface area is 148 Å². The maximum absolute atomic E-state index is 12.2. The molecule has 0 unspecified atom stereocenters. The van der Waals surface area contributed by atoms with Crippen LogP contribution in [0.4, 0.5) is 0 Å². The molecule has 2 aromatic rings. The van der Waals surface area contributed by atoms with Gasteiger partial charge in [0.2, 0.25) is 0 Å². The standard InChI is InChI=1S/C21H22N2O2/c1-16(2)25-20-10-8-18(9-11-20)14-19(15-22)21(24)23-13-12-17-6-4-3-5-7-17/h3-11,14,16H,12-13H2,1-2H3,(H,23,24)/b19-14+. The molecule has 0 saturated carbocycles. The third-order valence-electron chi connectivity index (χ3n) is 3.47. The maximum Gasteiger partial charge on any atom is 0.261 e. The molecule has 1 N–H and O–H groups in total. The van der Waals surface area contributed by atoms with E-state index in [4.69, 9.17) is 4.74 Å². The molecule has 0 bridgehead atoms. The SMILES string of the molecule is CC(C)Oc1ccc(/C=C(\C#N)C(=O)NCCc2ccccc2)cc1. The zero-order valence-corrected chi connectivity index (χ0v) is 14.5. The number of nitriles is 1. The third kappa shape index (κ3) is 6.15. The van der Waals surface area contributed by atoms with E-state index in [-0.39, 0.29) is 17.6 Å². The number of carbonyl (C=O) groups excluding carboxylic acids is 1. The van der Waals surface area contributed by atoms with Crippen molar-refractivity contribution >= 4 is 12.0 Å². The van der Waals surface area contributed by atoms with Gasteiger partial charge in [-0.05, 0) is 49.6 Å². The fourth-order valence-corrected chi connectivity index (χ4v) is 2.29. The molecule has 0 aromatic heterocycles. The van der Waals surface area contributed by atoms with Crippen LogP contribution in [0.15, 0.2) is 60.2 Å². The average molecular weight is 334 g/mol. The Bertz CT molecular complexity index is 757. The molecule has 25 heavy (non-hydrogen) atoms. The van der Waals surface area contributed by atoms with E-state index in [0.29, 0.717) is 6.54 Å². The van der Waals surface area contributed by atoms with Crippen LogP contribution in [0.25, 0.3) is 6.08 Å². The molecule has 0 heterocycles. The van der Waals surface area contributed by atoms with Gasteiger partial charge in [0.05, 0.1) is 6.10 Å². The van der Waals surface area contributed by atoms with Crippen LogP contribution in [-0.4, -0.2) is 18.6 Å². The van der Waals surface area contributed by atoms with E-state index in [1.807, 2.05) is 74.5 Å². The Morgan fingerprint density at radius 1 is 1.16 bits per heavy atom. The first-order valence-electron chi connectivity index (χ1n) is 8.29. The molecule has 0 radical (unpaired) electrons. The molecular formula is C21H22N2O2. The molecule has 4 heteroatoms. The molecular weight excluding hydrogens is 312 g/mol. The molecule has 0 saturated heterocycles. The number of ether oxygens (including phenoxy) is 1. The number of hydrogen-bond donors (Lipinski definition) is 1. The van der Waals surface area contributed by atoms with Crippen molar-refractivity contribution in [3.8, 4) is 11.8 Å². The van der Waals surface area contributed by atoms with Crippen LogP contribution in [0.1, 0.15) is 25.0 Å². The molecule has 0 atom stereocenters. The summed E-state index contributed by atoms with van der Waals surface area (Å²) in [5.41, 5.74) is 2.02. The normalized spacial score (nSPS) is 11.0. The smallest absolute Gasteiger partial charge is 0.261 e. The summed E-state index contributed by atoms with van der Waals surface area (Å²) in [5, 5.41) is 12.0. The number of nitrogens with zero attached hydrogens (tertiary/aromatic N) is 1. The summed E-state index contributed by atoms with van der Waals surface area (Å²) < 4.78 is 5.58. The van der Waals surface area contributed by atoms with Gasteiger partial charge in [0.15, 0.2) is 0 Å². The Kier molecular flexibility index (Phi) is 6.79. The molecule has 128 valence electrons. The summed E-state index contributed by atoms with van der Waals surface area (Å²) >= 11 is 0. The highest BCUT2D eigenvalue weighted by atomic mass is 16.5. The second-order valence-electron chi connectivity index (χ2n) is 5.90. The first-order chi connectivity index (χ1) is 12.1. The van der Waals surface area contributed by atoms with Gasteiger partial charge in [0.1, 0.15) is 17.4 Å². The van der Waals surface area contributed by atoms with Crippen molar-refractivity contribution in [3.05, 3.63) is 71.3 Å². The van der Waals surface area contributed by atoms with E-state index in [0.717, 1.165) is 23.3 Å². The predicted octanol–water partition coefficient (Wildman–Crippen LogP) is 3.74. The van der Waals surface area contributed by atoms with Crippen molar-refractivity contribution in [2.45, 2.75) is 26.4 Å². The molecule has 2 aromatic carbocycles. The van der Waals surface area contributed by atoms with Gasteiger partial charge in [-0.3, -0.25) is 4.79 Å². The average Bonchev–Trinajstić information content (AvgIpc) is 2.61. The van der Waals surface area contributed by atoms with Crippen LogP contribution in [0, 0.1) is 11.3 Å². The van der Waals surface area contributed by atoms with Gasteiger partial charge >= 0.3 is 0 Å². The van der Waals surface area contributed by atoms with Crippen LogP contribution in [0.5, 0.6) is 5.75 Å². The van der Waals surface area contributed by atoms with E-state index in [9.17, 15) is 10.1 Å². The first-order valence-corrected chi connectivity index (χ1v) is 8.29. The minimum atomic E-state index is -0.360. The molecule has 1 amide bonds. The number of benzene rings is 2. The molecule has 2 rings (SSSR count). The number of hydrogen-bond acceptors (Lipinski definition) is 3. The van der Waals surface area contributed by atoms with Gasteiger partial charge in [-0.25, -0.2) is 0 Å². The summed E-state index contributed by atoms with van der Waals surface area (Å²) in [7, 11) is 0. The van der Waals surface area contributed by atoms with Gasteiger partial charge in [0, 0.05) is 6.54 Å². The fourth-order valence-electron chi connectivity index (χ4n) is 2.29. The van der Waals surface area contributed by atoms with Crippen molar-refractivity contribution in [3.63, 3.8) is 0 Å². The minimum absolute atomic E-state index is 0.0885. The summed E-state index contributed by atoms with van der Waals surface area (Å²) in [6, 6.07) is 19.2. The van der Waals surface area contributed by atoms with Gasteiger partial charge < -0.3 is 10.1 Å². The van der Waals surface area contributed by atoms with E-state index < -0.39 is 0 Å². The van der Waals surface area contributed by atoms with Gasteiger partial charge in [0.25, 0.3) is 5.91 Å². The van der Waals surface area contributed by atoms with Gasteiger partial charge in [-0.2, -0.15) is 5.26 Å². The highest BCUT2D eigenvalue weighted by Crippen LogP contribution is 2.16.